The molecule has 0 bridgehead atoms. The van der Waals surface area contributed by atoms with Gasteiger partial charge in [-0.25, -0.2) is 4.39 Å². The lowest BCUT2D eigenvalue weighted by Crippen LogP contribution is -2.11. The summed E-state index contributed by atoms with van der Waals surface area (Å²) in [7, 11) is 0. The minimum absolute atomic E-state index is 0.122. The van der Waals surface area contributed by atoms with E-state index < -0.39 is 0 Å². The lowest BCUT2D eigenvalue weighted by molar-refractivity contribution is 0.287. The van der Waals surface area contributed by atoms with Crippen molar-refractivity contribution in [1.29, 1.82) is 0 Å². The van der Waals surface area contributed by atoms with Gasteiger partial charge in [-0.2, -0.15) is 0 Å². The largest absolute Gasteiger partial charge is 0.485 e. The normalized spacial score (nSPS) is 11.5. The molecule has 3 heteroatoms. The molecule has 2 aromatic rings. The minimum atomic E-state index is -0.375. The van der Waals surface area contributed by atoms with Crippen molar-refractivity contribution in [1.82, 2.24) is 0 Å². The summed E-state index contributed by atoms with van der Waals surface area (Å²) < 4.78 is 19.4. The molecule has 0 amide bonds. The van der Waals surface area contributed by atoms with Crippen molar-refractivity contribution >= 4 is 11.6 Å². The lowest BCUT2D eigenvalue weighted by atomic mass is 9.87. The molecular formula is C18H20ClFO. The second-order valence-corrected chi connectivity index (χ2v) is 6.36. The van der Waals surface area contributed by atoms with E-state index >= 15 is 0 Å². The number of alkyl halides is 1. The number of benzene rings is 2. The van der Waals surface area contributed by atoms with Crippen LogP contribution in [0.25, 0.3) is 0 Å². The lowest BCUT2D eigenvalue weighted by Gasteiger charge is -2.19. The fraction of sp³-hybridized carbons (Fsp3) is 0.333. The quantitative estimate of drug-likeness (QED) is 0.683. The van der Waals surface area contributed by atoms with Crippen molar-refractivity contribution in [2.45, 2.75) is 38.7 Å². The number of ether oxygens (including phenoxy) is 1. The van der Waals surface area contributed by atoms with E-state index in [-0.39, 0.29) is 22.9 Å². The molecule has 2 rings (SSSR count). The summed E-state index contributed by atoms with van der Waals surface area (Å²) in [6.07, 6.45) is 0. The zero-order valence-electron chi connectivity index (χ0n) is 12.6. The molecule has 0 spiro atoms. The summed E-state index contributed by atoms with van der Waals surface area (Å²) in [6, 6.07) is 13.0. The molecule has 0 fully saturated rings. The summed E-state index contributed by atoms with van der Waals surface area (Å²) in [4.78, 5) is 0. The Morgan fingerprint density at radius 2 is 1.71 bits per heavy atom. The first-order valence-corrected chi connectivity index (χ1v) is 7.51. The van der Waals surface area contributed by atoms with Gasteiger partial charge in [0.15, 0.2) is 11.6 Å². The molecule has 0 N–H and O–H groups in total. The standard InChI is InChI=1S/C18H20ClFO/c1-18(2,3)15-9-7-13(8-10-15)12-21-17-14(11-19)5-4-6-16(17)20/h4-10H,11-12H2,1-3H3. The molecule has 0 saturated heterocycles. The number of rotatable bonds is 4. The smallest absolute Gasteiger partial charge is 0.165 e. The zero-order valence-corrected chi connectivity index (χ0v) is 13.4. The molecule has 0 radical (unpaired) electrons. The molecule has 0 aliphatic carbocycles. The predicted molar refractivity (Wildman–Crippen MR) is 85.4 cm³/mol. The van der Waals surface area contributed by atoms with Crippen LogP contribution < -0.4 is 4.74 Å². The second-order valence-electron chi connectivity index (χ2n) is 6.10. The van der Waals surface area contributed by atoms with Crippen LogP contribution in [0.5, 0.6) is 5.75 Å². The van der Waals surface area contributed by atoms with E-state index in [0.29, 0.717) is 12.2 Å². The van der Waals surface area contributed by atoms with Crippen molar-refractivity contribution in [2.24, 2.45) is 0 Å². The van der Waals surface area contributed by atoms with Crippen LogP contribution in [0.3, 0.4) is 0 Å². The Labute approximate surface area is 130 Å². The SMILES string of the molecule is CC(C)(C)c1ccc(COc2c(F)cccc2CCl)cc1. The fourth-order valence-corrected chi connectivity index (χ4v) is 2.29. The van der Waals surface area contributed by atoms with Crippen LogP contribution in [0.15, 0.2) is 42.5 Å². The predicted octanol–water partition coefficient (Wildman–Crippen LogP) is 5.44. The number of hydrogen-bond acceptors (Lipinski definition) is 1. The maximum absolute atomic E-state index is 13.8. The highest BCUT2D eigenvalue weighted by molar-refractivity contribution is 6.17. The maximum Gasteiger partial charge on any atom is 0.165 e. The Morgan fingerprint density at radius 1 is 1.05 bits per heavy atom. The van der Waals surface area contributed by atoms with E-state index in [9.17, 15) is 4.39 Å². The summed E-state index contributed by atoms with van der Waals surface area (Å²) >= 11 is 5.81. The van der Waals surface area contributed by atoms with Gasteiger partial charge in [0.25, 0.3) is 0 Å². The highest BCUT2D eigenvalue weighted by Crippen LogP contribution is 2.26. The van der Waals surface area contributed by atoms with Gasteiger partial charge in [0, 0.05) is 5.56 Å². The van der Waals surface area contributed by atoms with Crippen molar-refractivity contribution < 1.29 is 9.13 Å². The Bertz CT molecular complexity index is 600. The Kier molecular flexibility index (Phi) is 4.89. The molecular weight excluding hydrogens is 287 g/mol. The van der Waals surface area contributed by atoms with E-state index in [1.807, 2.05) is 12.1 Å². The number of halogens is 2. The molecule has 112 valence electrons. The Balaban J connectivity index is 2.10. The van der Waals surface area contributed by atoms with Crippen LogP contribution >= 0.6 is 11.6 Å². The average Bonchev–Trinajstić information content (AvgIpc) is 2.45. The van der Waals surface area contributed by atoms with Crippen LogP contribution in [0.4, 0.5) is 4.39 Å². The molecule has 0 saturated carbocycles. The first-order valence-electron chi connectivity index (χ1n) is 6.97. The van der Waals surface area contributed by atoms with Gasteiger partial charge in [-0.05, 0) is 22.6 Å². The van der Waals surface area contributed by atoms with Gasteiger partial charge < -0.3 is 4.74 Å². The molecule has 2 aromatic carbocycles. The minimum Gasteiger partial charge on any atom is -0.485 e. The van der Waals surface area contributed by atoms with Crippen molar-refractivity contribution in [2.75, 3.05) is 0 Å². The van der Waals surface area contributed by atoms with Crippen LogP contribution in [-0.2, 0) is 17.9 Å². The van der Waals surface area contributed by atoms with Gasteiger partial charge in [0.05, 0.1) is 5.88 Å². The Morgan fingerprint density at radius 3 is 2.29 bits per heavy atom. The van der Waals surface area contributed by atoms with E-state index in [4.69, 9.17) is 16.3 Å². The zero-order chi connectivity index (χ0) is 15.5. The van der Waals surface area contributed by atoms with Gasteiger partial charge in [0.1, 0.15) is 6.61 Å². The van der Waals surface area contributed by atoms with Crippen LogP contribution in [0, 0.1) is 5.82 Å². The summed E-state index contributed by atoms with van der Waals surface area (Å²) in [5, 5.41) is 0. The van der Waals surface area contributed by atoms with E-state index in [1.165, 1.54) is 11.6 Å². The van der Waals surface area contributed by atoms with Gasteiger partial charge in [-0.15, -0.1) is 11.6 Å². The highest BCUT2D eigenvalue weighted by Gasteiger charge is 2.13. The van der Waals surface area contributed by atoms with Gasteiger partial charge in [-0.1, -0.05) is 57.2 Å². The third kappa shape index (κ3) is 3.98. The monoisotopic (exact) mass is 306 g/mol. The first-order chi connectivity index (χ1) is 9.91. The van der Waals surface area contributed by atoms with E-state index in [2.05, 4.69) is 32.9 Å². The second kappa shape index (κ2) is 6.48. The Hall–Kier alpha value is -1.54. The highest BCUT2D eigenvalue weighted by atomic mass is 35.5. The van der Waals surface area contributed by atoms with Crippen LogP contribution in [0.2, 0.25) is 0 Å². The molecule has 0 aliphatic heterocycles. The number of para-hydroxylation sites is 1. The van der Waals surface area contributed by atoms with Crippen LogP contribution in [0.1, 0.15) is 37.5 Å². The molecule has 0 aliphatic rings. The molecule has 0 heterocycles. The summed E-state index contributed by atoms with van der Waals surface area (Å²) in [5.41, 5.74) is 3.06. The van der Waals surface area contributed by atoms with E-state index in [1.54, 1.807) is 12.1 Å². The topological polar surface area (TPSA) is 9.23 Å². The third-order valence-electron chi connectivity index (χ3n) is 3.40. The first kappa shape index (κ1) is 15.8. The van der Waals surface area contributed by atoms with Gasteiger partial charge in [-0.3, -0.25) is 0 Å². The summed E-state index contributed by atoms with van der Waals surface area (Å²) in [5.74, 6) is 0.0997. The molecule has 0 atom stereocenters. The van der Waals surface area contributed by atoms with Crippen molar-refractivity contribution in [3.05, 3.63) is 65.0 Å². The molecule has 21 heavy (non-hydrogen) atoms. The van der Waals surface area contributed by atoms with Gasteiger partial charge >= 0.3 is 0 Å². The summed E-state index contributed by atoms with van der Waals surface area (Å²) in [6.45, 7) is 6.84. The molecule has 1 nitrogen and oxygen atoms in total. The maximum atomic E-state index is 13.8. The fourth-order valence-electron chi connectivity index (χ4n) is 2.08. The third-order valence-corrected chi connectivity index (χ3v) is 3.68. The van der Waals surface area contributed by atoms with Crippen LogP contribution in [-0.4, -0.2) is 0 Å². The average molecular weight is 307 g/mol. The van der Waals surface area contributed by atoms with Gasteiger partial charge in [0.2, 0.25) is 0 Å². The molecule has 0 unspecified atom stereocenters. The number of hydrogen-bond donors (Lipinski definition) is 0. The van der Waals surface area contributed by atoms with Crippen molar-refractivity contribution in [3.8, 4) is 5.75 Å². The van der Waals surface area contributed by atoms with E-state index in [0.717, 1.165) is 5.56 Å². The molecule has 0 aromatic heterocycles. The van der Waals surface area contributed by atoms with Crippen molar-refractivity contribution in [3.63, 3.8) is 0 Å².